The lowest BCUT2D eigenvalue weighted by atomic mass is 10.1. The van der Waals surface area contributed by atoms with E-state index in [4.69, 9.17) is 20.6 Å². The molecule has 0 heterocycles. The Morgan fingerprint density at radius 1 is 1.40 bits per heavy atom. The van der Waals surface area contributed by atoms with E-state index in [9.17, 15) is 4.79 Å². The quantitative estimate of drug-likeness (QED) is 0.582. The lowest BCUT2D eigenvalue weighted by molar-refractivity contribution is 0.0636. The number of nitrogens with two attached hydrogens (primary N) is 1. The van der Waals surface area contributed by atoms with Crippen LogP contribution in [0, 0.1) is 5.41 Å². The van der Waals surface area contributed by atoms with Crippen LogP contribution in [0.4, 0.5) is 10.5 Å². The van der Waals surface area contributed by atoms with E-state index in [1.807, 2.05) is 0 Å². The van der Waals surface area contributed by atoms with Crippen molar-refractivity contribution in [1.29, 1.82) is 5.41 Å². The number of rotatable bonds is 4. The molecule has 110 valence electrons. The van der Waals surface area contributed by atoms with Gasteiger partial charge in [0, 0.05) is 17.7 Å². The van der Waals surface area contributed by atoms with E-state index in [2.05, 4.69) is 5.32 Å². The largest absolute Gasteiger partial charge is 0.496 e. The summed E-state index contributed by atoms with van der Waals surface area (Å²) in [6, 6.07) is 5.13. The molecule has 0 unspecified atom stereocenters. The number of amidine groups is 1. The van der Waals surface area contributed by atoms with Crippen LogP contribution in [0.2, 0.25) is 0 Å². The van der Waals surface area contributed by atoms with Gasteiger partial charge in [0.05, 0.1) is 12.9 Å². The Morgan fingerprint density at radius 2 is 2.05 bits per heavy atom. The maximum atomic E-state index is 11.7. The molecule has 1 amide bonds. The predicted octanol–water partition coefficient (Wildman–Crippen LogP) is 2.52. The Balaban J connectivity index is 2.86. The van der Waals surface area contributed by atoms with Gasteiger partial charge in [-0.1, -0.05) is 0 Å². The molecule has 0 aliphatic rings. The molecule has 0 fully saturated rings. The van der Waals surface area contributed by atoms with Crippen molar-refractivity contribution >= 4 is 17.6 Å². The van der Waals surface area contributed by atoms with Gasteiger partial charge in [-0.3, -0.25) is 10.7 Å². The van der Waals surface area contributed by atoms with Crippen molar-refractivity contribution in [3.05, 3.63) is 23.8 Å². The Bertz CT molecular complexity index is 507. The molecule has 6 heteroatoms. The molecule has 0 saturated carbocycles. The Morgan fingerprint density at radius 3 is 2.55 bits per heavy atom. The summed E-state index contributed by atoms with van der Waals surface area (Å²) in [6.45, 7) is 5.38. The van der Waals surface area contributed by atoms with Crippen LogP contribution >= 0.6 is 0 Å². The second kappa shape index (κ2) is 6.27. The number of methoxy groups -OCH3 is 1. The third-order valence-electron chi connectivity index (χ3n) is 2.31. The smallest absolute Gasteiger partial charge is 0.412 e. The summed E-state index contributed by atoms with van der Waals surface area (Å²) in [6.07, 6.45) is -0.274. The molecule has 1 rings (SSSR count). The molecule has 0 spiro atoms. The molecular formula is C14H21N3O3. The summed E-state index contributed by atoms with van der Waals surface area (Å²) < 4.78 is 10.4. The molecule has 0 aromatic heterocycles. The lowest BCUT2D eigenvalue weighted by Crippen LogP contribution is -2.27. The van der Waals surface area contributed by atoms with Gasteiger partial charge in [0.1, 0.15) is 11.4 Å². The van der Waals surface area contributed by atoms with Crippen molar-refractivity contribution in [3.8, 4) is 5.75 Å². The molecular weight excluding hydrogens is 258 g/mol. The number of carbonyl (C=O) groups excluding carboxylic acids is 1. The van der Waals surface area contributed by atoms with Crippen LogP contribution in [-0.4, -0.2) is 24.6 Å². The molecule has 0 aliphatic heterocycles. The number of hydrogen-bond acceptors (Lipinski definition) is 4. The highest BCUT2D eigenvalue weighted by atomic mass is 16.6. The third-order valence-corrected chi connectivity index (χ3v) is 2.31. The van der Waals surface area contributed by atoms with Crippen molar-refractivity contribution in [3.63, 3.8) is 0 Å². The normalized spacial score (nSPS) is 10.8. The number of benzene rings is 1. The molecule has 0 aliphatic carbocycles. The van der Waals surface area contributed by atoms with Crippen molar-refractivity contribution in [2.24, 2.45) is 5.73 Å². The van der Waals surface area contributed by atoms with Gasteiger partial charge in [-0.25, -0.2) is 4.79 Å². The summed E-state index contributed by atoms with van der Waals surface area (Å²) in [4.78, 5) is 11.7. The summed E-state index contributed by atoms with van der Waals surface area (Å²) in [5.74, 6) is 0.646. The van der Waals surface area contributed by atoms with E-state index in [0.29, 0.717) is 11.4 Å². The number of anilines is 1. The monoisotopic (exact) mass is 279 g/mol. The van der Waals surface area contributed by atoms with Crippen LogP contribution in [0.5, 0.6) is 5.75 Å². The van der Waals surface area contributed by atoms with Crippen molar-refractivity contribution < 1.29 is 14.3 Å². The fourth-order valence-electron chi connectivity index (χ4n) is 1.62. The van der Waals surface area contributed by atoms with E-state index < -0.39 is 11.7 Å². The second-order valence-electron chi connectivity index (χ2n) is 5.36. The average Bonchev–Trinajstić information content (AvgIpc) is 2.25. The van der Waals surface area contributed by atoms with Crippen LogP contribution in [0.1, 0.15) is 26.3 Å². The average molecular weight is 279 g/mol. The first-order chi connectivity index (χ1) is 9.21. The highest BCUT2D eigenvalue weighted by molar-refractivity contribution is 5.86. The van der Waals surface area contributed by atoms with Crippen LogP contribution in [0.15, 0.2) is 18.2 Å². The SMILES string of the molecule is COc1ccc(NC(=O)OC(C)(C)C)cc1CC(=N)N. The van der Waals surface area contributed by atoms with Gasteiger partial charge in [-0.15, -0.1) is 0 Å². The molecule has 0 atom stereocenters. The number of amides is 1. The first-order valence-corrected chi connectivity index (χ1v) is 6.21. The lowest BCUT2D eigenvalue weighted by Gasteiger charge is -2.20. The van der Waals surface area contributed by atoms with Gasteiger partial charge < -0.3 is 15.2 Å². The minimum atomic E-state index is -0.557. The molecule has 6 nitrogen and oxygen atoms in total. The fraction of sp³-hybridized carbons (Fsp3) is 0.429. The predicted molar refractivity (Wildman–Crippen MR) is 78.5 cm³/mol. The summed E-state index contributed by atoms with van der Waals surface area (Å²) in [5, 5.41) is 9.98. The maximum Gasteiger partial charge on any atom is 0.412 e. The molecule has 0 bridgehead atoms. The van der Waals surface area contributed by atoms with E-state index in [0.717, 1.165) is 5.56 Å². The van der Waals surface area contributed by atoms with Gasteiger partial charge in [-0.2, -0.15) is 0 Å². The number of carbonyl (C=O) groups is 1. The van der Waals surface area contributed by atoms with Gasteiger partial charge in [0.25, 0.3) is 0 Å². The Kier molecular flexibility index (Phi) is 4.96. The zero-order chi connectivity index (χ0) is 15.3. The topological polar surface area (TPSA) is 97.4 Å². The van der Waals surface area contributed by atoms with Crippen LogP contribution < -0.4 is 15.8 Å². The van der Waals surface area contributed by atoms with Crippen LogP contribution in [-0.2, 0) is 11.2 Å². The number of hydrogen-bond donors (Lipinski definition) is 3. The van der Waals surface area contributed by atoms with E-state index >= 15 is 0 Å². The first-order valence-electron chi connectivity index (χ1n) is 6.21. The summed E-state index contributed by atoms with van der Waals surface area (Å²) in [5.41, 5.74) is 6.14. The van der Waals surface area contributed by atoms with Crippen molar-refractivity contribution in [2.75, 3.05) is 12.4 Å². The molecule has 20 heavy (non-hydrogen) atoms. The zero-order valence-corrected chi connectivity index (χ0v) is 12.2. The molecule has 1 aromatic rings. The third kappa shape index (κ3) is 5.17. The highest BCUT2D eigenvalue weighted by Gasteiger charge is 2.16. The zero-order valence-electron chi connectivity index (χ0n) is 12.2. The highest BCUT2D eigenvalue weighted by Crippen LogP contribution is 2.23. The van der Waals surface area contributed by atoms with Crippen LogP contribution in [0.25, 0.3) is 0 Å². The van der Waals surface area contributed by atoms with Gasteiger partial charge >= 0.3 is 6.09 Å². The van der Waals surface area contributed by atoms with Crippen molar-refractivity contribution in [1.82, 2.24) is 0 Å². The standard InChI is InChI=1S/C14H21N3O3/c1-14(2,3)20-13(18)17-10-5-6-11(19-4)9(7-10)8-12(15)16/h5-7H,8H2,1-4H3,(H3,15,16)(H,17,18). The van der Waals surface area contributed by atoms with Gasteiger partial charge in [0.2, 0.25) is 0 Å². The summed E-state index contributed by atoms with van der Waals surface area (Å²) >= 11 is 0. The molecule has 1 aromatic carbocycles. The van der Waals surface area contributed by atoms with Gasteiger partial charge in [0.15, 0.2) is 0 Å². The molecule has 0 radical (unpaired) electrons. The number of ether oxygens (including phenoxy) is 2. The molecule has 0 saturated heterocycles. The van der Waals surface area contributed by atoms with E-state index in [1.165, 1.54) is 0 Å². The van der Waals surface area contributed by atoms with Crippen molar-refractivity contribution in [2.45, 2.75) is 32.8 Å². The maximum absolute atomic E-state index is 11.7. The number of nitrogens with one attached hydrogen (secondary N) is 2. The minimum Gasteiger partial charge on any atom is -0.496 e. The first kappa shape index (κ1) is 15.8. The van der Waals surface area contributed by atoms with E-state index in [-0.39, 0.29) is 12.3 Å². The minimum absolute atomic E-state index is 0.0257. The second-order valence-corrected chi connectivity index (χ2v) is 5.36. The Labute approximate surface area is 118 Å². The molecule has 4 N–H and O–H groups in total. The van der Waals surface area contributed by atoms with Crippen LogP contribution in [0.3, 0.4) is 0 Å². The van der Waals surface area contributed by atoms with Gasteiger partial charge in [-0.05, 0) is 39.0 Å². The fourth-order valence-corrected chi connectivity index (χ4v) is 1.62. The Hall–Kier alpha value is -2.24. The van der Waals surface area contributed by atoms with E-state index in [1.54, 1.807) is 46.1 Å². The summed E-state index contributed by atoms with van der Waals surface area (Å²) in [7, 11) is 1.54.